The van der Waals surface area contributed by atoms with Crippen molar-refractivity contribution in [1.29, 1.82) is 0 Å². The fourth-order valence-electron chi connectivity index (χ4n) is 3.63. The number of nitrogens with zero attached hydrogens (tertiary/aromatic N) is 3. The minimum absolute atomic E-state index is 0.0322. The van der Waals surface area contributed by atoms with Gasteiger partial charge in [0, 0.05) is 50.7 Å². The zero-order valence-corrected chi connectivity index (χ0v) is 16.0. The summed E-state index contributed by atoms with van der Waals surface area (Å²) in [7, 11) is 1.70. The molecule has 1 aliphatic heterocycles. The van der Waals surface area contributed by atoms with Gasteiger partial charge >= 0.3 is 0 Å². The van der Waals surface area contributed by atoms with Crippen molar-refractivity contribution >= 4 is 11.9 Å². The van der Waals surface area contributed by atoms with Gasteiger partial charge in [0.2, 0.25) is 5.91 Å². The Bertz CT molecular complexity index is 723. The predicted molar refractivity (Wildman–Crippen MR) is 100 cm³/mol. The van der Waals surface area contributed by atoms with E-state index in [4.69, 9.17) is 5.73 Å². The van der Waals surface area contributed by atoms with E-state index in [9.17, 15) is 13.6 Å². The fourth-order valence-corrected chi connectivity index (χ4v) is 3.63. The third-order valence-electron chi connectivity index (χ3n) is 5.66. The van der Waals surface area contributed by atoms with E-state index in [2.05, 4.69) is 20.1 Å². The van der Waals surface area contributed by atoms with E-state index < -0.39 is 17.2 Å². The first-order valence-corrected chi connectivity index (χ1v) is 9.22. The molecule has 8 heteroatoms. The lowest BCUT2D eigenvalue weighted by molar-refractivity contribution is -0.129. The average molecular weight is 379 g/mol. The zero-order chi connectivity index (χ0) is 19.8. The quantitative estimate of drug-likeness (QED) is 0.611. The number of piperazine rings is 1. The Morgan fingerprint density at radius 3 is 2.33 bits per heavy atom. The summed E-state index contributed by atoms with van der Waals surface area (Å²) < 4.78 is 27.9. The number of carbonyl (C=O) groups excluding carboxylic acids is 1. The van der Waals surface area contributed by atoms with E-state index in [-0.39, 0.29) is 23.4 Å². The summed E-state index contributed by atoms with van der Waals surface area (Å²) in [6.07, 6.45) is 0.672. The van der Waals surface area contributed by atoms with Crippen LogP contribution in [0.3, 0.4) is 0 Å². The first-order chi connectivity index (χ1) is 12.8. The molecule has 2 unspecified atom stereocenters. The highest BCUT2D eigenvalue weighted by atomic mass is 19.1. The monoisotopic (exact) mass is 379 g/mol. The molecule has 1 amide bonds. The van der Waals surface area contributed by atoms with E-state index in [1.165, 1.54) is 18.2 Å². The molecule has 3 N–H and O–H groups in total. The molecule has 1 heterocycles. The van der Waals surface area contributed by atoms with Crippen molar-refractivity contribution in [2.75, 3.05) is 33.2 Å². The molecule has 3 rings (SSSR count). The number of guanidine groups is 1. The number of benzene rings is 1. The van der Waals surface area contributed by atoms with Gasteiger partial charge in [-0.2, -0.15) is 0 Å². The Kier molecular flexibility index (Phi) is 5.37. The van der Waals surface area contributed by atoms with Gasteiger partial charge in [-0.1, -0.05) is 6.07 Å². The molecule has 2 atom stereocenters. The van der Waals surface area contributed by atoms with Crippen LogP contribution in [0.2, 0.25) is 0 Å². The normalized spacial score (nSPS) is 24.0. The molecular formula is C19H27F2N5O. The standard InChI is InChI=1S/C19H27F2N5O/c1-19(2,17(22)27)26-9-7-25(8-10-26)18(23-3)24-15-11-12(15)16-13(20)5-4-6-14(16)21/h4-6,12,15H,7-11H2,1-3H3,(H2,22,27)(H,23,24). The highest BCUT2D eigenvalue weighted by molar-refractivity contribution is 5.84. The molecule has 2 fully saturated rings. The lowest BCUT2D eigenvalue weighted by atomic mass is 10.0. The second-order valence-corrected chi connectivity index (χ2v) is 7.67. The second kappa shape index (κ2) is 7.42. The summed E-state index contributed by atoms with van der Waals surface area (Å²) >= 11 is 0. The molecule has 1 aromatic carbocycles. The summed E-state index contributed by atoms with van der Waals surface area (Å²) in [5, 5.41) is 3.32. The number of carbonyl (C=O) groups is 1. The lowest BCUT2D eigenvalue weighted by Gasteiger charge is -2.43. The second-order valence-electron chi connectivity index (χ2n) is 7.67. The summed E-state index contributed by atoms with van der Waals surface area (Å²) in [6.45, 7) is 6.43. The van der Waals surface area contributed by atoms with E-state index in [0.29, 0.717) is 32.6 Å². The molecule has 1 saturated carbocycles. The highest BCUT2D eigenvalue weighted by Gasteiger charge is 2.43. The van der Waals surface area contributed by atoms with Gasteiger partial charge in [-0.3, -0.25) is 14.7 Å². The molecule has 0 aromatic heterocycles. The average Bonchev–Trinajstić information content (AvgIpc) is 3.38. The van der Waals surface area contributed by atoms with Crippen molar-refractivity contribution < 1.29 is 13.6 Å². The van der Waals surface area contributed by atoms with E-state index in [1.54, 1.807) is 7.05 Å². The fraction of sp³-hybridized carbons (Fsp3) is 0.579. The summed E-state index contributed by atoms with van der Waals surface area (Å²) in [4.78, 5) is 20.1. The van der Waals surface area contributed by atoms with Crippen LogP contribution in [0.1, 0.15) is 31.7 Å². The van der Waals surface area contributed by atoms with Crippen molar-refractivity contribution in [3.8, 4) is 0 Å². The van der Waals surface area contributed by atoms with Crippen LogP contribution in [-0.2, 0) is 4.79 Å². The molecule has 0 bridgehead atoms. The van der Waals surface area contributed by atoms with Crippen LogP contribution in [0.5, 0.6) is 0 Å². The van der Waals surface area contributed by atoms with Gasteiger partial charge < -0.3 is 16.0 Å². The summed E-state index contributed by atoms with van der Waals surface area (Å²) in [5.74, 6) is -0.803. The number of nitrogens with two attached hydrogens (primary N) is 1. The minimum Gasteiger partial charge on any atom is -0.368 e. The molecule has 6 nitrogen and oxygen atoms in total. The van der Waals surface area contributed by atoms with Gasteiger partial charge in [-0.15, -0.1) is 0 Å². The van der Waals surface area contributed by atoms with E-state index in [0.717, 1.165) is 5.96 Å². The third-order valence-corrected chi connectivity index (χ3v) is 5.66. The Morgan fingerprint density at radius 1 is 1.22 bits per heavy atom. The van der Waals surface area contributed by atoms with E-state index >= 15 is 0 Å². The molecular weight excluding hydrogens is 352 g/mol. The van der Waals surface area contributed by atoms with Crippen LogP contribution in [-0.4, -0.2) is 66.5 Å². The van der Waals surface area contributed by atoms with Crippen molar-refractivity contribution in [3.05, 3.63) is 35.4 Å². The molecule has 1 aliphatic carbocycles. The zero-order valence-electron chi connectivity index (χ0n) is 16.0. The van der Waals surface area contributed by atoms with Gasteiger partial charge in [0.15, 0.2) is 5.96 Å². The number of halogens is 2. The predicted octanol–water partition coefficient (Wildman–Crippen LogP) is 1.28. The minimum atomic E-state index is -0.688. The van der Waals surface area contributed by atoms with E-state index in [1.807, 2.05) is 13.8 Å². The van der Waals surface area contributed by atoms with Crippen LogP contribution in [0.15, 0.2) is 23.2 Å². The van der Waals surface area contributed by atoms with Crippen molar-refractivity contribution in [3.63, 3.8) is 0 Å². The number of hydrogen-bond acceptors (Lipinski definition) is 3. The maximum absolute atomic E-state index is 14.0. The molecule has 27 heavy (non-hydrogen) atoms. The molecule has 148 valence electrons. The molecule has 0 radical (unpaired) electrons. The van der Waals surface area contributed by atoms with Gasteiger partial charge in [0.1, 0.15) is 11.6 Å². The largest absolute Gasteiger partial charge is 0.368 e. The van der Waals surface area contributed by atoms with Crippen molar-refractivity contribution in [1.82, 2.24) is 15.1 Å². The van der Waals surface area contributed by atoms with Gasteiger partial charge in [0.25, 0.3) is 0 Å². The number of rotatable bonds is 4. The molecule has 1 aromatic rings. The van der Waals surface area contributed by atoms with Crippen molar-refractivity contribution in [2.24, 2.45) is 10.7 Å². The number of aliphatic imine (C=N–C) groups is 1. The van der Waals surface area contributed by atoms with Gasteiger partial charge in [0.05, 0.1) is 5.54 Å². The van der Waals surface area contributed by atoms with Crippen LogP contribution in [0, 0.1) is 11.6 Å². The highest BCUT2D eigenvalue weighted by Crippen LogP contribution is 2.43. The topological polar surface area (TPSA) is 74.0 Å². The smallest absolute Gasteiger partial charge is 0.237 e. The van der Waals surface area contributed by atoms with Crippen LogP contribution < -0.4 is 11.1 Å². The number of amides is 1. The Morgan fingerprint density at radius 2 is 1.81 bits per heavy atom. The number of primary amides is 1. The van der Waals surface area contributed by atoms with Gasteiger partial charge in [-0.05, 0) is 32.4 Å². The molecule has 0 spiro atoms. The van der Waals surface area contributed by atoms with Gasteiger partial charge in [-0.25, -0.2) is 8.78 Å². The van der Waals surface area contributed by atoms with Crippen LogP contribution >= 0.6 is 0 Å². The first-order valence-electron chi connectivity index (χ1n) is 9.22. The first kappa shape index (κ1) is 19.5. The number of nitrogens with one attached hydrogen (secondary N) is 1. The van der Waals surface area contributed by atoms with Crippen LogP contribution in [0.25, 0.3) is 0 Å². The maximum Gasteiger partial charge on any atom is 0.237 e. The molecule has 1 saturated heterocycles. The maximum atomic E-state index is 14.0. The Balaban J connectivity index is 1.58. The Hall–Kier alpha value is -2.22. The summed E-state index contributed by atoms with van der Waals surface area (Å²) in [5.41, 5.74) is 4.96. The SMILES string of the molecule is CN=C(NC1CC1c1c(F)cccc1F)N1CCN(C(C)(C)C(N)=O)CC1. The number of hydrogen-bond donors (Lipinski definition) is 2. The lowest BCUT2D eigenvalue weighted by Crippen LogP contribution is -2.61. The molecule has 2 aliphatic rings. The Labute approximate surface area is 158 Å². The van der Waals surface area contributed by atoms with Crippen LogP contribution in [0.4, 0.5) is 8.78 Å². The van der Waals surface area contributed by atoms with Crippen molar-refractivity contribution in [2.45, 2.75) is 37.8 Å². The third kappa shape index (κ3) is 3.90. The summed E-state index contributed by atoms with van der Waals surface area (Å²) in [6, 6.07) is 3.94.